The molecule has 0 spiro atoms. The maximum Gasteiger partial charge on any atom is 0.307 e. The number of nitrogens with one attached hydrogen (secondary N) is 1. The Morgan fingerprint density at radius 1 is 1.33 bits per heavy atom. The highest BCUT2D eigenvalue weighted by atomic mass is 19.1. The number of carboxylic acid groups (broad SMARTS) is 1. The molecule has 1 aliphatic carbocycles. The lowest BCUT2D eigenvalue weighted by molar-refractivity contribution is -0.138. The summed E-state index contributed by atoms with van der Waals surface area (Å²) in [5.74, 6) is -2.64. The van der Waals surface area contributed by atoms with Gasteiger partial charge >= 0.3 is 5.97 Å². The standard InChI is InChI=1S/C13H10FNO3/c14-6-1-2-11-7(3-6)10(5-15-11)12(16)8-4-9(8)13(17)18/h1-3,5,8-9,15H,4H2,(H,17,18). The summed E-state index contributed by atoms with van der Waals surface area (Å²) in [4.78, 5) is 25.7. The average Bonchev–Trinajstić information content (AvgIpc) is 3.03. The number of benzene rings is 1. The largest absolute Gasteiger partial charge is 0.481 e. The van der Waals surface area contributed by atoms with Crippen molar-refractivity contribution in [2.75, 3.05) is 0 Å². The van der Waals surface area contributed by atoms with Gasteiger partial charge in [-0.1, -0.05) is 0 Å². The Balaban J connectivity index is 1.98. The molecule has 1 aliphatic rings. The molecule has 5 heteroatoms. The minimum absolute atomic E-state index is 0.223. The number of hydrogen-bond acceptors (Lipinski definition) is 2. The van der Waals surface area contributed by atoms with E-state index in [1.165, 1.54) is 18.3 Å². The van der Waals surface area contributed by atoms with Gasteiger partial charge in [-0.2, -0.15) is 0 Å². The monoisotopic (exact) mass is 247 g/mol. The van der Waals surface area contributed by atoms with E-state index in [1.54, 1.807) is 6.07 Å². The number of carbonyl (C=O) groups is 2. The van der Waals surface area contributed by atoms with Gasteiger partial charge in [-0.05, 0) is 24.6 Å². The minimum atomic E-state index is -0.945. The summed E-state index contributed by atoms with van der Waals surface area (Å²) in [5.41, 5.74) is 1.05. The number of aromatic nitrogens is 1. The number of Topliss-reactive ketones (excluding diaryl/α,β-unsaturated/α-hetero) is 1. The fourth-order valence-corrected chi connectivity index (χ4v) is 2.25. The van der Waals surface area contributed by atoms with Crippen LogP contribution in [0.2, 0.25) is 0 Å². The second-order valence-corrected chi connectivity index (χ2v) is 4.54. The van der Waals surface area contributed by atoms with Crippen molar-refractivity contribution in [3.8, 4) is 0 Å². The van der Waals surface area contributed by atoms with Gasteiger partial charge in [0, 0.05) is 28.6 Å². The first-order valence-electron chi connectivity index (χ1n) is 5.61. The third kappa shape index (κ3) is 1.59. The van der Waals surface area contributed by atoms with Crippen molar-refractivity contribution in [2.24, 2.45) is 11.8 Å². The average molecular weight is 247 g/mol. The van der Waals surface area contributed by atoms with Crippen LogP contribution in [0.15, 0.2) is 24.4 Å². The lowest BCUT2D eigenvalue weighted by Gasteiger charge is -1.97. The van der Waals surface area contributed by atoms with Crippen LogP contribution in [0.4, 0.5) is 4.39 Å². The van der Waals surface area contributed by atoms with Gasteiger partial charge in [-0.3, -0.25) is 9.59 Å². The van der Waals surface area contributed by atoms with Gasteiger partial charge < -0.3 is 10.1 Å². The van der Waals surface area contributed by atoms with Crippen molar-refractivity contribution in [3.63, 3.8) is 0 Å². The molecule has 2 unspecified atom stereocenters. The molecule has 1 fully saturated rings. The number of carbonyl (C=O) groups excluding carboxylic acids is 1. The molecule has 0 saturated heterocycles. The van der Waals surface area contributed by atoms with Gasteiger partial charge in [-0.15, -0.1) is 0 Å². The summed E-state index contributed by atoms with van der Waals surface area (Å²) >= 11 is 0. The van der Waals surface area contributed by atoms with Crippen LogP contribution >= 0.6 is 0 Å². The van der Waals surface area contributed by atoms with E-state index in [0.29, 0.717) is 22.9 Å². The molecule has 0 bridgehead atoms. The predicted octanol–water partition coefficient (Wildman–Crippen LogP) is 2.21. The number of halogens is 1. The van der Waals surface area contributed by atoms with Crippen LogP contribution in [0.1, 0.15) is 16.8 Å². The van der Waals surface area contributed by atoms with Crippen molar-refractivity contribution in [2.45, 2.75) is 6.42 Å². The van der Waals surface area contributed by atoms with Gasteiger partial charge in [0.25, 0.3) is 0 Å². The Bertz CT molecular complexity index is 661. The number of hydrogen-bond donors (Lipinski definition) is 2. The molecule has 3 rings (SSSR count). The molecule has 1 aromatic carbocycles. The van der Waals surface area contributed by atoms with Crippen molar-refractivity contribution in [3.05, 3.63) is 35.8 Å². The Hall–Kier alpha value is -2.17. The van der Waals surface area contributed by atoms with Crippen LogP contribution < -0.4 is 0 Å². The van der Waals surface area contributed by atoms with Gasteiger partial charge in [0.1, 0.15) is 5.82 Å². The maximum atomic E-state index is 13.2. The highest BCUT2D eigenvalue weighted by Gasteiger charge is 2.48. The number of fused-ring (bicyclic) bond motifs is 1. The molecule has 0 amide bonds. The normalized spacial score (nSPS) is 22.1. The number of ketones is 1. The first kappa shape index (κ1) is 11.0. The number of H-pyrrole nitrogens is 1. The minimum Gasteiger partial charge on any atom is -0.481 e. The summed E-state index contributed by atoms with van der Waals surface area (Å²) in [6.07, 6.45) is 1.89. The molecular formula is C13H10FNO3. The van der Waals surface area contributed by atoms with Crippen molar-refractivity contribution in [1.82, 2.24) is 4.98 Å². The van der Waals surface area contributed by atoms with Crippen LogP contribution in [0.5, 0.6) is 0 Å². The van der Waals surface area contributed by atoms with E-state index >= 15 is 0 Å². The van der Waals surface area contributed by atoms with E-state index in [1.807, 2.05) is 0 Å². The van der Waals surface area contributed by atoms with Gasteiger partial charge in [0.05, 0.1) is 5.92 Å². The smallest absolute Gasteiger partial charge is 0.307 e. The Labute approximate surface area is 101 Å². The van der Waals surface area contributed by atoms with E-state index in [9.17, 15) is 14.0 Å². The molecule has 4 nitrogen and oxygen atoms in total. The van der Waals surface area contributed by atoms with Gasteiger partial charge in [0.2, 0.25) is 0 Å². The summed E-state index contributed by atoms with van der Waals surface area (Å²) in [5, 5.41) is 9.32. The molecule has 92 valence electrons. The molecular weight excluding hydrogens is 237 g/mol. The van der Waals surface area contributed by atoms with Gasteiger partial charge in [0.15, 0.2) is 5.78 Å². The summed E-state index contributed by atoms with van der Waals surface area (Å²) in [7, 11) is 0. The molecule has 2 N–H and O–H groups in total. The molecule has 2 atom stereocenters. The number of aliphatic carboxylic acids is 1. The summed E-state index contributed by atoms with van der Waals surface area (Å²) in [6.45, 7) is 0. The van der Waals surface area contributed by atoms with E-state index < -0.39 is 23.6 Å². The maximum absolute atomic E-state index is 13.2. The SMILES string of the molecule is O=C(O)C1CC1C(=O)c1c[nH]c2ccc(F)cc12. The zero-order valence-corrected chi connectivity index (χ0v) is 9.31. The predicted molar refractivity (Wildman–Crippen MR) is 61.8 cm³/mol. The molecule has 1 heterocycles. The summed E-state index contributed by atoms with van der Waals surface area (Å²) in [6, 6.07) is 4.16. The van der Waals surface area contributed by atoms with Crippen molar-refractivity contribution in [1.29, 1.82) is 0 Å². The lowest BCUT2D eigenvalue weighted by atomic mass is 10.0. The number of aromatic amines is 1. The van der Waals surface area contributed by atoms with E-state index in [-0.39, 0.29) is 5.78 Å². The highest BCUT2D eigenvalue weighted by Crippen LogP contribution is 2.42. The van der Waals surface area contributed by atoms with Crippen LogP contribution in [-0.2, 0) is 4.79 Å². The third-order valence-electron chi connectivity index (χ3n) is 3.35. The second kappa shape index (κ2) is 3.66. The molecule has 0 radical (unpaired) electrons. The van der Waals surface area contributed by atoms with Crippen molar-refractivity contribution >= 4 is 22.7 Å². The Morgan fingerprint density at radius 2 is 2.11 bits per heavy atom. The lowest BCUT2D eigenvalue weighted by Crippen LogP contribution is -2.07. The number of rotatable bonds is 3. The Kier molecular flexibility index (Phi) is 2.23. The van der Waals surface area contributed by atoms with Crippen LogP contribution in [-0.4, -0.2) is 21.8 Å². The molecule has 1 aromatic heterocycles. The number of carboxylic acids is 1. The van der Waals surface area contributed by atoms with Crippen LogP contribution in [0.25, 0.3) is 10.9 Å². The Morgan fingerprint density at radius 3 is 2.78 bits per heavy atom. The molecule has 2 aromatic rings. The third-order valence-corrected chi connectivity index (χ3v) is 3.35. The first-order valence-corrected chi connectivity index (χ1v) is 5.61. The van der Waals surface area contributed by atoms with E-state index in [4.69, 9.17) is 5.11 Å². The highest BCUT2D eigenvalue weighted by molar-refractivity contribution is 6.11. The first-order chi connectivity index (χ1) is 8.58. The molecule has 1 saturated carbocycles. The van der Waals surface area contributed by atoms with Crippen LogP contribution in [0.3, 0.4) is 0 Å². The fraction of sp³-hybridized carbons (Fsp3) is 0.231. The molecule has 0 aliphatic heterocycles. The van der Waals surface area contributed by atoms with E-state index in [2.05, 4.69) is 4.98 Å². The van der Waals surface area contributed by atoms with Gasteiger partial charge in [-0.25, -0.2) is 4.39 Å². The zero-order chi connectivity index (χ0) is 12.9. The zero-order valence-electron chi connectivity index (χ0n) is 9.31. The van der Waals surface area contributed by atoms with Crippen molar-refractivity contribution < 1.29 is 19.1 Å². The summed E-state index contributed by atoms with van der Waals surface area (Å²) < 4.78 is 13.2. The second-order valence-electron chi connectivity index (χ2n) is 4.54. The fourth-order valence-electron chi connectivity index (χ4n) is 2.25. The van der Waals surface area contributed by atoms with E-state index in [0.717, 1.165) is 0 Å². The quantitative estimate of drug-likeness (QED) is 0.817. The van der Waals surface area contributed by atoms with Crippen LogP contribution in [0, 0.1) is 17.7 Å². The topological polar surface area (TPSA) is 70.2 Å². The molecule has 18 heavy (non-hydrogen) atoms.